The summed E-state index contributed by atoms with van der Waals surface area (Å²) in [4.78, 5) is 12.8. The fourth-order valence-electron chi connectivity index (χ4n) is 18.3. The molecule has 5 fully saturated rings. The number of hydrogen-bond acceptors (Lipinski definition) is 15. The smallest absolute Gasteiger partial charge is 0.188 e. The van der Waals surface area contributed by atoms with Crippen LogP contribution in [0.5, 0.6) is 28.7 Å². The van der Waals surface area contributed by atoms with E-state index in [1.807, 2.05) is 0 Å². The number of ether oxygens (including phenoxy) is 10. The molecule has 20 heteroatoms. The summed E-state index contributed by atoms with van der Waals surface area (Å²) in [5.74, 6) is 4.86. The van der Waals surface area contributed by atoms with Crippen LogP contribution in [-0.4, -0.2) is 135 Å². The molecular weight excluding hydrogens is 1780 g/mol. The number of aryl methyl sites for hydroxylation is 5. The summed E-state index contributed by atoms with van der Waals surface area (Å²) in [7, 11) is 11.2. The molecule has 5 atom stereocenters. The van der Waals surface area contributed by atoms with E-state index in [9.17, 15) is 0 Å². The van der Waals surface area contributed by atoms with Crippen LogP contribution < -0.4 is 101 Å². The van der Waals surface area contributed by atoms with E-state index in [0.29, 0.717) is 42.9 Å². The van der Waals surface area contributed by atoms with Gasteiger partial charge in [0, 0.05) is 194 Å². The molecule has 15 rings (SSSR count). The molecule has 10 aromatic rings. The normalized spacial score (nSPS) is 15.4. The van der Waals surface area contributed by atoms with Gasteiger partial charge in [-0.3, -0.25) is 0 Å². The maximum Gasteiger partial charge on any atom is 0.188 e. The Morgan fingerprint density at radius 1 is 0.228 bits per heavy atom. The van der Waals surface area contributed by atoms with Gasteiger partial charge in [-0.2, -0.15) is 0 Å². The SMILES string of the molecule is COCOc1c(C)cc(C(C)(C)C)cc1Pc1ccccc1N1CCCCC1.COCOc1c(C)cc(C)cc1Pc1ccccc1N1CCCCC1.COCOc1c(Pc2ccccc2N2CCCCC2)cc(C(C)(C)C)cc1C(C)(C)C.COCOc1c(Pc2ccccc2N2CCCCC2)cc(C)cc1C(C)(C)C.COCOc1ccc(C)cc1Pc1ccccc1N1CCCCC1. The Bertz CT molecular complexity index is 5300. The predicted octanol–water partition coefficient (Wildman–Crippen LogP) is 23.2. The van der Waals surface area contributed by atoms with Crippen molar-refractivity contribution in [2.45, 2.75) is 236 Å². The third kappa shape index (κ3) is 32.1. The molecule has 15 nitrogen and oxygen atoms in total. The topological polar surface area (TPSA) is 109 Å². The van der Waals surface area contributed by atoms with Gasteiger partial charge in [-0.05, 0) is 253 Å². The minimum atomic E-state index is -0.0179. The van der Waals surface area contributed by atoms with Gasteiger partial charge in [-0.25, -0.2) is 0 Å². The van der Waals surface area contributed by atoms with Crippen LogP contribution in [0.3, 0.4) is 0 Å². The molecule has 0 bridgehead atoms. The van der Waals surface area contributed by atoms with Crippen LogP contribution in [-0.2, 0) is 45.3 Å². The number of para-hydroxylation sites is 5. The molecule has 0 amide bonds. The van der Waals surface area contributed by atoms with Gasteiger partial charge in [-0.15, -0.1) is 0 Å². The van der Waals surface area contributed by atoms with Crippen molar-refractivity contribution in [3.8, 4) is 28.7 Å². The number of hydrogen-bond donors (Lipinski definition) is 0. The summed E-state index contributed by atoms with van der Waals surface area (Å²) in [5, 5.41) is 13.3. The molecule has 5 unspecified atom stereocenters. The lowest BCUT2D eigenvalue weighted by Gasteiger charge is -2.32. The molecule has 0 radical (unpaired) electrons. The van der Waals surface area contributed by atoms with Gasteiger partial charge >= 0.3 is 0 Å². The molecule has 0 aromatic heterocycles. The maximum absolute atomic E-state index is 6.24. The molecule has 5 aliphatic heterocycles. The van der Waals surface area contributed by atoms with Gasteiger partial charge in [0.15, 0.2) is 34.0 Å². The predicted molar refractivity (Wildman–Crippen MR) is 594 cm³/mol. The van der Waals surface area contributed by atoms with Crippen LogP contribution in [0.25, 0.3) is 0 Å². The molecule has 0 N–H and O–H groups in total. The van der Waals surface area contributed by atoms with E-state index in [1.54, 1.807) is 35.5 Å². The van der Waals surface area contributed by atoms with Gasteiger partial charge < -0.3 is 71.9 Å². The van der Waals surface area contributed by atoms with Gasteiger partial charge in [0.2, 0.25) is 0 Å². The zero-order valence-electron chi connectivity index (χ0n) is 86.4. The number of rotatable bonds is 30. The summed E-state index contributed by atoms with van der Waals surface area (Å²) in [6, 6.07) is 69.0. The van der Waals surface area contributed by atoms with Crippen molar-refractivity contribution in [1.82, 2.24) is 0 Å². The fraction of sp³-hybridized carbons (Fsp3) is 0.483. The summed E-state index contributed by atoms with van der Waals surface area (Å²) in [6.45, 7) is 51.0. The standard InChI is InChI=1S/C27H40NO2P.2C24H34NO2P.C21H28NO2P.C20H26NO2P/c1-26(2,3)20-17-21(27(4,5)6)25(30-19-29-7)24(18-20)31-23-14-10-9-13-22(23)28-15-11-8-12-16-28;1-18-15-19(24(2,3)4)16-22(23(18)27-17-26-5)28-21-12-8-7-11-20(21)25-13-9-6-10-14-25;1-18-15-19(24(2,3)4)23(27-17-26-5)22(16-18)28-21-12-8-7-11-20(21)25-13-9-6-10-14-25;1-16-13-17(2)21(24-15-23-3)20(14-16)25-19-10-6-5-9-18(19)22-11-7-4-8-12-22;1-16-10-11-18(23-15-22-2)20(14-16)24-19-9-5-4-8-17(19)21-12-6-3-7-13-21/h9-10,13-14,17-18,31H,8,11-12,15-16,19H2,1-7H3;2*7-8,11-12,15-16,28H,6,9-10,13-14,17H2,1-5H3;5-6,9-10,13-14,25H,4,7-8,11-12,15H2,1-3H3;4-5,8-11,14,24H,3,6-7,12-13,15H2,1-2H3. The molecule has 0 aliphatic carbocycles. The zero-order chi connectivity index (χ0) is 97.4. The second kappa shape index (κ2) is 53.7. The van der Waals surface area contributed by atoms with Crippen LogP contribution in [0.2, 0.25) is 0 Å². The quantitative estimate of drug-likeness (QED) is 0.0315. The summed E-state index contributed by atoms with van der Waals surface area (Å²) < 4.78 is 56.0. The highest BCUT2D eigenvalue weighted by molar-refractivity contribution is 7.57. The average molecular weight is 1940 g/mol. The van der Waals surface area contributed by atoms with E-state index in [4.69, 9.17) is 47.4 Å². The third-order valence-corrected chi connectivity index (χ3v) is 32.2. The molecule has 0 saturated carbocycles. The van der Waals surface area contributed by atoms with E-state index >= 15 is 0 Å². The minimum Gasteiger partial charge on any atom is -0.467 e. The summed E-state index contributed by atoms with van der Waals surface area (Å²) >= 11 is 0. The number of anilines is 5. The number of nitrogens with zero attached hydrogens (tertiary/aromatic N) is 5. The van der Waals surface area contributed by atoms with Crippen LogP contribution in [0.4, 0.5) is 28.4 Å². The van der Waals surface area contributed by atoms with Crippen molar-refractivity contribution in [3.63, 3.8) is 0 Å². The number of methoxy groups -OCH3 is 5. The first kappa shape index (κ1) is 109. The van der Waals surface area contributed by atoms with E-state index in [2.05, 4.69) is 330 Å². The molecule has 5 heterocycles. The lowest BCUT2D eigenvalue weighted by Crippen LogP contribution is -2.32. The van der Waals surface area contributed by atoms with Crippen LogP contribution in [0.1, 0.15) is 229 Å². The Hall–Kier alpha value is -7.85. The van der Waals surface area contributed by atoms with Crippen molar-refractivity contribution in [2.75, 3.05) is 159 Å². The highest BCUT2D eigenvalue weighted by Crippen LogP contribution is 2.42. The van der Waals surface area contributed by atoms with Crippen LogP contribution >= 0.6 is 42.9 Å². The Morgan fingerprint density at radius 2 is 0.478 bits per heavy atom. The Kier molecular flexibility index (Phi) is 42.8. The van der Waals surface area contributed by atoms with Gasteiger partial charge in [0.1, 0.15) is 28.7 Å². The maximum atomic E-state index is 6.24. The van der Waals surface area contributed by atoms with E-state index in [1.165, 1.54) is 254 Å². The van der Waals surface area contributed by atoms with E-state index in [-0.39, 0.29) is 55.6 Å². The van der Waals surface area contributed by atoms with Crippen molar-refractivity contribution < 1.29 is 47.4 Å². The second-order valence-corrected chi connectivity index (χ2v) is 47.6. The Labute approximate surface area is 828 Å². The molecule has 10 aromatic carbocycles. The van der Waals surface area contributed by atoms with Gasteiger partial charge in [0.05, 0.1) is 0 Å². The second-order valence-electron chi connectivity index (χ2n) is 40.9. The highest BCUT2D eigenvalue weighted by atomic mass is 31.1. The van der Waals surface area contributed by atoms with Gasteiger partial charge in [-0.1, -0.05) is 253 Å². The highest BCUT2D eigenvalue weighted by Gasteiger charge is 2.31. The molecule has 5 aliphatic rings. The molecule has 736 valence electrons. The first-order chi connectivity index (χ1) is 65.4. The third-order valence-electron chi connectivity index (χ3n) is 25.5. The average Bonchev–Trinajstić information content (AvgIpc) is 0.767. The molecule has 0 spiro atoms. The largest absolute Gasteiger partial charge is 0.467 e. The fourth-order valence-corrected chi connectivity index (χ4v) is 25.5. The van der Waals surface area contributed by atoms with E-state index in [0.717, 1.165) is 68.0 Å². The summed E-state index contributed by atoms with van der Waals surface area (Å²) in [6.07, 6.45) is 19.7. The van der Waals surface area contributed by atoms with Crippen molar-refractivity contribution >= 4 is 124 Å². The monoisotopic (exact) mass is 1940 g/mol. The lowest BCUT2D eigenvalue weighted by molar-refractivity contribution is 0.0504. The van der Waals surface area contributed by atoms with Gasteiger partial charge in [0.25, 0.3) is 0 Å². The Morgan fingerprint density at radius 3 is 0.794 bits per heavy atom. The first-order valence-electron chi connectivity index (χ1n) is 49.7. The molecule has 136 heavy (non-hydrogen) atoms. The number of benzene rings is 10. The van der Waals surface area contributed by atoms with Crippen molar-refractivity contribution in [3.05, 3.63) is 238 Å². The van der Waals surface area contributed by atoms with Crippen LogP contribution in [0.15, 0.2) is 188 Å². The molecule has 5 saturated heterocycles. The van der Waals surface area contributed by atoms with Crippen LogP contribution in [0, 0.1) is 34.6 Å². The first-order valence-corrected chi connectivity index (χ1v) is 54.7. The molecular formula is C116H162N5O10P5. The van der Waals surface area contributed by atoms with Crippen molar-refractivity contribution in [2.24, 2.45) is 0 Å². The zero-order valence-corrected chi connectivity index (χ0v) is 91.4. The van der Waals surface area contributed by atoms with E-state index < -0.39 is 0 Å². The Balaban J connectivity index is 0.000000164. The summed E-state index contributed by atoms with van der Waals surface area (Å²) in [5.41, 5.74) is 18.5. The minimum absolute atomic E-state index is 0.0146. The number of piperidine rings is 5. The van der Waals surface area contributed by atoms with Crippen molar-refractivity contribution in [1.29, 1.82) is 0 Å². The lowest BCUT2D eigenvalue weighted by atomic mass is 9.80.